The predicted molar refractivity (Wildman–Crippen MR) is 133 cm³/mol. The molecule has 9 heteroatoms. The number of halogens is 3. The van der Waals surface area contributed by atoms with Gasteiger partial charge in [-0.25, -0.2) is 18.2 Å². The number of carbonyl (C=O) groups excluding carboxylic acids is 1. The van der Waals surface area contributed by atoms with E-state index in [0.29, 0.717) is 24.4 Å². The molecule has 37 heavy (non-hydrogen) atoms. The average molecular weight is 511 g/mol. The molecule has 2 aliphatic rings. The van der Waals surface area contributed by atoms with Crippen LogP contribution in [0.4, 0.5) is 18.9 Å². The van der Waals surface area contributed by atoms with Crippen LogP contribution in [-0.4, -0.2) is 27.0 Å². The van der Waals surface area contributed by atoms with Crippen LogP contribution in [0.25, 0.3) is 11.3 Å². The second-order valence-electron chi connectivity index (χ2n) is 10.4. The summed E-state index contributed by atoms with van der Waals surface area (Å²) in [6.07, 6.45) is 7.37. The molecule has 1 amide bonds. The summed E-state index contributed by atoms with van der Waals surface area (Å²) >= 11 is 0. The van der Waals surface area contributed by atoms with Crippen molar-refractivity contribution in [3.8, 4) is 11.3 Å². The number of anilines is 1. The van der Waals surface area contributed by atoms with Gasteiger partial charge in [-0.1, -0.05) is 6.92 Å². The SMILES string of the molecule is C[C@@H]1C[C@@H](N)C[C@H](c2ccncc2NC(=O)c2ccc(F)c(-c3c(F)cc(C4(O)CCC4)cc3F)n2)C1. The Kier molecular flexibility index (Phi) is 6.76. The molecule has 2 heterocycles. The lowest BCUT2D eigenvalue weighted by molar-refractivity contribution is -0.0392. The summed E-state index contributed by atoms with van der Waals surface area (Å²) in [6.45, 7) is 2.15. The quantitative estimate of drug-likeness (QED) is 0.426. The highest BCUT2D eigenvalue weighted by Crippen LogP contribution is 2.43. The van der Waals surface area contributed by atoms with Gasteiger partial charge in [0.25, 0.3) is 5.91 Å². The molecule has 6 nitrogen and oxygen atoms in total. The summed E-state index contributed by atoms with van der Waals surface area (Å²) in [6, 6.07) is 6.02. The van der Waals surface area contributed by atoms with Crippen molar-refractivity contribution < 1.29 is 23.1 Å². The Balaban J connectivity index is 1.44. The Morgan fingerprint density at radius 3 is 2.46 bits per heavy atom. The van der Waals surface area contributed by atoms with E-state index in [4.69, 9.17) is 5.73 Å². The number of aliphatic hydroxyl groups is 1. The molecule has 1 aromatic carbocycles. The Hall–Kier alpha value is -3.30. The minimum absolute atomic E-state index is 0.0629. The van der Waals surface area contributed by atoms with E-state index in [1.54, 1.807) is 6.20 Å². The van der Waals surface area contributed by atoms with Crippen molar-refractivity contribution in [2.45, 2.75) is 63.0 Å². The summed E-state index contributed by atoms with van der Waals surface area (Å²) in [5.74, 6) is -3.18. The van der Waals surface area contributed by atoms with Crippen LogP contribution in [-0.2, 0) is 5.60 Å². The molecule has 0 saturated heterocycles. The van der Waals surface area contributed by atoms with Gasteiger partial charge < -0.3 is 16.2 Å². The number of nitrogens with two attached hydrogens (primary N) is 1. The van der Waals surface area contributed by atoms with Crippen LogP contribution in [0.3, 0.4) is 0 Å². The number of nitrogens with zero attached hydrogens (tertiary/aromatic N) is 2. The third kappa shape index (κ3) is 4.98. The molecule has 0 unspecified atom stereocenters. The second-order valence-corrected chi connectivity index (χ2v) is 10.4. The van der Waals surface area contributed by atoms with Crippen molar-refractivity contribution in [1.82, 2.24) is 9.97 Å². The van der Waals surface area contributed by atoms with E-state index in [1.807, 2.05) is 6.07 Å². The van der Waals surface area contributed by atoms with E-state index in [-0.39, 0.29) is 23.2 Å². The highest BCUT2D eigenvalue weighted by molar-refractivity contribution is 6.03. The fraction of sp³-hybridized carbons (Fsp3) is 0.393. The zero-order valence-corrected chi connectivity index (χ0v) is 20.5. The van der Waals surface area contributed by atoms with E-state index in [0.717, 1.165) is 55.5 Å². The van der Waals surface area contributed by atoms with Gasteiger partial charge in [-0.2, -0.15) is 0 Å². The van der Waals surface area contributed by atoms with Gasteiger partial charge >= 0.3 is 0 Å². The monoisotopic (exact) mass is 510 g/mol. The molecule has 2 saturated carbocycles. The molecule has 4 N–H and O–H groups in total. The topological polar surface area (TPSA) is 101 Å². The fourth-order valence-electron chi connectivity index (χ4n) is 5.57. The molecular weight excluding hydrogens is 481 g/mol. The highest BCUT2D eigenvalue weighted by Gasteiger charge is 2.37. The van der Waals surface area contributed by atoms with Crippen molar-refractivity contribution >= 4 is 11.6 Å². The summed E-state index contributed by atoms with van der Waals surface area (Å²) in [5.41, 5.74) is 4.92. The van der Waals surface area contributed by atoms with Crippen molar-refractivity contribution in [2.24, 2.45) is 11.7 Å². The summed E-state index contributed by atoms with van der Waals surface area (Å²) < 4.78 is 44.7. The van der Waals surface area contributed by atoms with Gasteiger partial charge in [0.05, 0.1) is 23.0 Å². The summed E-state index contributed by atoms with van der Waals surface area (Å²) in [4.78, 5) is 21.2. The van der Waals surface area contributed by atoms with Gasteiger partial charge in [-0.3, -0.25) is 9.78 Å². The van der Waals surface area contributed by atoms with Crippen LogP contribution in [0.5, 0.6) is 0 Å². The molecule has 2 aliphatic carbocycles. The maximum Gasteiger partial charge on any atom is 0.274 e. The number of rotatable bonds is 5. The largest absolute Gasteiger partial charge is 0.385 e. The van der Waals surface area contributed by atoms with Crippen LogP contribution in [0.2, 0.25) is 0 Å². The number of hydrogen-bond acceptors (Lipinski definition) is 5. The van der Waals surface area contributed by atoms with Crippen LogP contribution in [0.15, 0.2) is 42.7 Å². The molecule has 3 atom stereocenters. The molecule has 2 fully saturated rings. The maximum absolute atomic E-state index is 15.0. The lowest BCUT2D eigenvalue weighted by Crippen LogP contribution is -2.33. The first-order chi connectivity index (χ1) is 17.6. The number of hydrogen-bond donors (Lipinski definition) is 3. The number of carbonyl (C=O) groups is 1. The lowest BCUT2D eigenvalue weighted by Gasteiger charge is -2.37. The number of amides is 1. The fourth-order valence-corrected chi connectivity index (χ4v) is 5.57. The average Bonchev–Trinajstić information content (AvgIpc) is 2.82. The number of nitrogens with one attached hydrogen (secondary N) is 1. The third-order valence-corrected chi connectivity index (χ3v) is 7.60. The van der Waals surface area contributed by atoms with Gasteiger partial charge in [0.2, 0.25) is 0 Å². The molecule has 0 bridgehead atoms. The molecule has 0 aliphatic heterocycles. The molecule has 5 rings (SSSR count). The zero-order chi connectivity index (χ0) is 26.3. The molecule has 194 valence electrons. The third-order valence-electron chi connectivity index (χ3n) is 7.60. The van der Waals surface area contributed by atoms with E-state index in [2.05, 4.69) is 22.2 Å². The van der Waals surface area contributed by atoms with Crippen LogP contribution in [0.1, 0.15) is 73.0 Å². The van der Waals surface area contributed by atoms with Crippen LogP contribution in [0, 0.1) is 23.4 Å². The summed E-state index contributed by atoms with van der Waals surface area (Å²) in [5, 5.41) is 13.2. The minimum atomic E-state index is -1.28. The van der Waals surface area contributed by atoms with Crippen LogP contribution >= 0.6 is 0 Å². The van der Waals surface area contributed by atoms with Crippen molar-refractivity contribution in [3.05, 3.63) is 77.0 Å². The van der Waals surface area contributed by atoms with Crippen molar-refractivity contribution in [3.63, 3.8) is 0 Å². The summed E-state index contributed by atoms with van der Waals surface area (Å²) in [7, 11) is 0. The Bertz CT molecular complexity index is 1310. The first-order valence-electron chi connectivity index (χ1n) is 12.5. The standard InChI is InChI=1S/C28H29F3N4O2/c1-15-9-16(11-18(32)10-15)19-5-8-33-14-24(19)35-27(36)23-4-3-20(29)26(34-23)25-21(30)12-17(13-22(25)31)28(37)6-2-7-28/h3-5,8,12-16,18,37H,2,6-7,9-11,32H2,1H3,(H,35,36)/t15-,16+,18+/m0/s1. The van der Waals surface area contributed by atoms with E-state index in [9.17, 15) is 23.1 Å². The lowest BCUT2D eigenvalue weighted by atomic mass is 9.75. The number of aromatic nitrogens is 2. The Morgan fingerprint density at radius 1 is 1.08 bits per heavy atom. The molecular formula is C28H29F3N4O2. The van der Waals surface area contributed by atoms with Gasteiger partial charge in [0.1, 0.15) is 28.8 Å². The number of pyridine rings is 2. The highest BCUT2D eigenvalue weighted by atomic mass is 19.1. The normalized spacial score (nSPS) is 22.8. The van der Waals surface area contributed by atoms with E-state index < -0.39 is 40.2 Å². The minimum Gasteiger partial charge on any atom is -0.385 e. The van der Waals surface area contributed by atoms with Gasteiger partial charge in [-0.05, 0) is 91.8 Å². The van der Waals surface area contributed by atoms with E-state index in [1.165, 1.54) is 6.20 Å². The first-order valence-corrected chi connectivity index (χ1v) is 12.5. The molecule has 0 spiro atoms. The van der Waals surface area contributed by atoms with Gasteiger partial charge in [-0.15, -0.1) is 0 Å². The first kappa shape index (κ1) is 25.4. The second kappa shape index (κ2) is 9.87. The zero-order valence-electron chi connectivity index (χ0n) is 20.5. The van der Waals surface area contributed by atoms with Crippen molar-refractivity contribution in [2.75, 3.05) is 5.32 Å². The van der Waals surface area contributed by atoms with Crippen molar-refractivity contribution in [1.29, 1.82) is 0 Å². The Labute approximate surface area is 213 Å². The molecule has 2 aromatic heterocycles. The van der Waals surface area contributed by atoms with Gasteiger partial charge in [0.15, 0.2) is 0 Å². The maximum atomic E-state index is 15.0. The van der Waals surface area contributed by atoms with E-state index >= 15 is 0 Å². The van der Waals surface area contributed by atoms with Gasteiger partial charge in [0, 0.05) is 12.2 Å². The predicted octanol–water partition coefficient (Wildman–Crippen LogP) is 5.42. The van der Waals surface area contributed by atoms with Crippen LogP contribution < -0.4 is 11.1 Å². The molecule has 0 radical (unpaired) electrons. The Morgan fingerprint density at radius 2 is 1.81 bits per heavy atom. The number of benzene rings is 1. The smallest absolute Gasteiger partial charge is 0.274 e. The molecule has 3 aromatic rings.